The average molecular weight is 582 g/mol. The van der Waals surface area contributed by atoms with Gasteiger partial charge in [-0.1, -0.05) is 46.8 Å². The van der Waals surface area contributed by atoms with Crippen LogP contribution in [0.3, 0.4) is 0 Å². The molecule has 2 amide bonds. The Morgan fingerprint density at radius 2 is 1.80 bits per heavy atom. The number of carbonyl (C=O) groups excluding carboxylic acids is 3. The van der Waals surface area contributed by atoms with Crippen molar-refractivity contribution in [2.75, 3.05) is 51.3 Å². The number of rotatable bonds is 7. The van der Waals surface area contributed by atoms with E-state index in [2.05, 4.69) is 48.3 Å². The highest BCUT2D eigenvalue weighted by molar-refractivity contribution is 7.14. The summed E-state index contributed by atoms with van der Waals surface area (Å²) in [6.07, 6.45) is 0.191. The van der Waals surface area contributed by atoms with E-state index in [-0.39, 0.29) is 47.6 Å². The Bertz CT molecular complexity index is 1260. The molecule has 1 N–H and O–H groups in total. The molecule has 3 saturated heterocycles. The van der Waals surface area contributed by atoms with Gasteiger partial charge in [-0.3, -0.25) is 14.4 Å². The fourth-order valence-corrected chi connectivity index (χ4v) is 7.00. The third-order valence-corrected chi connectivity index (χ3v) is 9.50. The first-order valence-corrected chi connectivity index (χ1v) is 15.6. The number of aromatic nitrogens is 1. The van der Waals surface area contributed by atoms with Gasteiger partial charge in [0.15, 0.2) is 10.9 Å². The zero-order valence-corrected chi connectivity index (χ0v) is 25.9. The zero-order valence-electron chi connectivity index (χ0n) is 25.1. The number of Topliss-reactive ketones (excluding diaryl/α,β-unsaturated/α-hetero) is 1. The lowest BCUT2D eigenvalue weighted by Gasteiger charge is -2.32. The van der Waals surface area contributed by atoms with Crippen molar-refractivity contribution in [2.24, 2.45) is 17.3 Å². The van der Waals surface area contributed by atoms with Gasteiger partial charge in [0.25, 0.3) is 5.91 Å². The van der Waals surface area contributed by atoms with E-state index in [0.29, 0.717) is 18.5 Å². The summed E-state index contributed by atoms with van der Waals surface area (Å²) in [5, 5.41) is 6.07. The molecule has 3 aliphatic rings. The highest BCUT2D eigenvalue weighted by atomic mass is 32.1. The van der Waals surface area contributed by atoms with E-state index >= 15 is 0 Å². The molecule has 222 valence electrons. The Hall–Kier alpha value is -2.82. The minimum absolute atomic E-state index is 0.0368. The third kappa shape index (κ3) is 6.34. The fraction of sp³-hybridized carbons (Fsp3) is 0.613. The number of likely N-dealkylation sites (N-methyl/N-ethyl adjacent to an activating group) is 1. The number of amides is 2. The van der Waals surface area contributed by atoms with Crippen molar-refractivity contribution in [3.05, 3.63) is 35.2 Å². The van der Waals surface area contributed by atoms with E-state index in [9.17, 15) is 14.4 Å². The second kappa shape index (κ2) is 11.8. The standard InChI is InChI=1S/C31H43N5O4S/c1-19(2)15-23(29(39)36-16-22(31(3,4)5)27-26(36)25(37)17-40-27)32-28(38)21-9-7-20(8-10-21)24-18-41-30(33-24)35-13-11-34(6)12-14-35/h7-10,18-19,22-23,26-27H,11-17H2,1-6H3,(H,32,38)/t22-,23?,26+,27+/m0/s1. The molecule has 41 heavy (non-hydrogen) atoms. The number of nitrogens with zero attached hydrogens (tertiary/aromatic N) is 4. The van der Waals surface area contributed by atoms with E-state index in [4.69, 9.17) is 9.72 Å². The number of nitrogens with one attached hydrogen (secondary N) is 1. The summed E-state index contributed by atoms with van der Waals surface area (Å²) < 4.78 is 5.87. The van der Waals surface area contributed by atoms with Gasteiger partial charge in [-0.15, -0.1) is 11.3 Å². The molecular weight excluding hydrogens is 538 g/mol. The van der Waals surface area contributed by atoms with E-state index in [1.54, 1.807) is 28.4 Å². The normalized spacial score (nSPS) is 24.2. The fourth-order valence-electron chi connectivity index (χ4n) is 6.12. The van der Waals surface area contributed by atoms with Crippen molar-refractivity contribution in [1.82, 2.24) is 20.1 Å². The Kier molecular flexibility index (Phi) is 8.55. The molecule has 5 rings (SSSR count). The van der Waals surface area contributed by atoms with Crippen LogP contribution in [-0.4, -0.2) is 96.9 Å². The van der Waals surface area contributed by atoms with Gasteiger partial charge in [0, 0.05) is 55.1 Å². The van der Waals surface area contributed by atoms with Crippen molar-refractivity contribution in [3.8, 4) is 11.3 Å². The minimum Gasteiger partial charge on any atom is -0.367 e. The molecule has 3 fully saturated rings. The van der Waals surface area contributed by atoms with Gasteiger partial charge in [0.1, 0.15) is 18.7 Å². The molecule has 9 nitrogen and oxygen atoms in total. The number of hydrogen-bond donors (Lipinski definition) is 1. The van der Waals surface area contributed by atoms with Crippen LogP contribution >= 0.6 is 11.3 Å². The Balaban J connectivity index is 1.28. The molecular formula is C31H43N5O4S. The number of hydrogen-bond acceptors (Lipinski definition) is 8. The van der Waals surface area contributed by atoms with Crippen LogP contribution in [-0.2, 0) is 14.3 Å². The second-order valence-corrected chi connectivity index (χ2v) is 14.0. The first-order chi connectivity index (χ1) is 19.4. The number of ketones is 1. The van der Waals surface area contributed by atoms with Crippen LogP contribution in [0.15, 0.2) is 29.6 Å². The molecule has 4 atom stereocenters. The highest BCUT2D eigenvalue weighted by Gasteiger charge is 2.55. The van der Waals surface area contributed by atoms with E-state index in [1.807, 2.05) is 26.0 Å². The van der Waals surface area contributed by atoms with Crippen molar-refractivity contribution < 1.29 is 19.1 Å². The monoisotopic (exact) mass is 581 g/mol. The van der Waals surface area contributed by atoms with Crippen LogP contribution in [0.2, 0.25) is 0 Å². The molecule has 1 unspecified atom stereocenters. The van der Waals surface area contributed by atoms with Gasteiger partial charge in [0.05, 0.1) is 11.8 Å². The molecule has 3 aliphatic heterocycles. The number of anilines is 1. The average Bonchev–Trinajstić information content (AvgIpc) is 3.65. The predicted octanol–water partition coefficient (Wildman–Crippen LogP) is 3.55. The van der Waals surface area contributed by atoms with Gasteiger partial charge in [0.2, 0.25) is 5.91 Å². The molecule has 0 radical (unpaired) electrons. The maximum absolute atomic E-state index is 13.9. The van der Waals surface area contributed by atoms with Crippen LogP contribution in [0.1, 0.15) is 51.4 Å². The number of ether oxygens (including phenoxy) is 1. The van der Waals surface area contributed by atoms with E-state index < -0.39 is 12.1 Å². The summed E-state index contributed by atoms with van der Waals surface area (Å²) in [6.45, 7) is 14.9. The number of fused-ring (bicyclic) bond motifs is 1. The van der Waals surface area contributed by atoms with Gasteiger partial charge in [-0.05, 0) is 36.9 Å². The summed E-state index contributed by atoms with van der Waals surface area (Å²) in [4.78, 5) is 51.2. The lowest BCUT2D eigenvalue weighted by atomic mass is 9.78. The summed E-state index contributed by atoms with van der Waals surface area (Å²) >= 11 is 1.64. The third-order valence-electron chi connectivity index (χ3n) is 8.60. The van der Waals surface area contributed by atoms with Crippen LogP contribution in [0, 0.1) is 17.3 Å². The lowest BCUT2D eigenvalue weighted by molar-refractivity contribution is -0.138. The molecule has 0 bridgehead atoms. The Morgan fingerprint density at radius 1 is 1.12 bits per heavy atom. The summed E-state index contributed by atoms with van der Waals surface area (Å²) in [6, 6.07) is 6.08. The number of benzene rings is 1. The lowest BCUT2D eigenvalue weighted by Crippen LogP contribution is -2.52. The smallest absolute Gasteiger partial charge is 0.251 e. The molecule has 2 aromatic rings. The Labute approximate surface area is 247 Å². The van der Waals surface area contributed by atoms with Crippen LogP contribution in [0.25, 0.3) is 11.3 Å². The van der Waals surface area contributed by atoms with Crippen LogP contribution < -0.4 is 10.2 Å². The number of likely N-dealkylation sites (tertiary alicyclic amines) is 1. The molecule has 10 heteroatoms. The van der Waals surface area contributed by atoms with E-state index in [1.165, 1.54) is 0 Å². The second-order valence-electron chi connectivity index (χ2n) is 13.2. The van der Waals surface area contributed by atoms with E-state index in [0.717, 1.165) is 42.6 Å². The zero-order chi connectivity index (χ0) is 29.5. The number of carbonyl (C=O) groups is 3. The maximum atomic E-state index is 13.9. The molecule has 1 aromatic heterocycles. The molecule has 0 saturated carbocycles. The van der Waals surface area contributed by atoms with Gasteiger partial charge in [-0.25, -0.2) is 4.98 Å². The number of piperazine rings is 1. The minimum atomic E-state index is -0.723. The van der Waals surface area contributed by atoms with Gasteiger partial charge >= 0.3 is 0 Å². The van der Waals surface area contributed by atoms with Gasteiger partial charge in [-0.2, -0.15) is 0 Å². The quantitative estimate of drug-likeness (QED) is 0.535. The van der Waals surface area contributed by atoms with Crippen molar-refractivity contribution in [3.63, 3.8) is 0 Å². The summed E-state index contributed by atoms with van der Waals surface area (Å²) in [7, 11) is 2.14. The number of thiazole rings is 1. The van der Waals surface area contributed by atoms with Gasteiger partial charge < -0.3 is 24.8 Å². The molecule has 0 aliphatic carbocycles. The van der Waals surface area contributed by atoms with Crippen molar-refractivity contribution in [1.29, 1.82) is 0 Å². The largest absolute Gasteiger partial charge is 0.367 e. The van der Waals surface area contributed by atoms with Crippen LogP contribution in [0.5, 0.6) is 0 Å². The Morgan fingerprint density at radius 3 is 2.44 bits per heavy atom. The van der Waals surface area contributed by atoms with Crippen molar-refractivity contribution in [2.45, 2.75) is 59.2 Å². The van der Waals surface area contributed by atoms with Crippen molar-refractivity contribution >= 4 is 34.1 Å². The maximum Gasteiger partial charge on any atom is 0.251 e. The molecule has 4 heterocycles. The molecule has 0 spiro atoms. The summed E-state index contributed by atoms with van der Waals surface area (Å²) in [5.74, 6) is -0.336. The van der Waals surface area contributed by atoms with Crippen LogP contribution in [0.4, 0.5) is 5.13 Å². The first kappa shape index (κ1) is 29.7. The SMILES string of the molecule is CC(C)CC(NC(=O)c1ccc(-c2csc(N3CCN(C)CC3)n2)cc1)C(=O)N1C[C@H](C(C)(C)C)[C@H]2OCC(=O)[C@H]21. The first-order valence-electron chi connectivity index (χ1n) is 14.7. The molecule has 1 aromatic carbocycles. The highest BCUT2D eigenvalue weighted by Crippen LogP contribution is 2.42. The topological polar surface area (TPSA) is 95.1 Å². The summed E-state index contributed by atoms with van der Waals surface area (Å²) in [5.41, 5.74) is 2.20. The predicted molar refractivity (Wildman–Crippen MR) is 161 cm³/mol.